The second kappa shape index (κ2) is 6.98. The fraction of sp³-hybridized carbons (Fsp3) is 0.158. The molecule has 0 amide bonds. The number of hydrogen-bond acceptors (Lipinski definition) is 4. The molecule has 0 radical (unpaired) electrons. The van der Waals surface area contributed by atoms with Gasteiger partial charge in [-0.25, -0.2) is 5.10 Å². The van der Waals surface area contributed by atoms with Gasteiger partial charge in [-0.1, -0.05) is 11.6 Å². The molecule has 3 rings (SSSR count). The van der Waals surface area contributed by atoms with Crippen LogP contribution in [0.4, 0.5) is 0 Å². The summed E-state index contributed by atoms with van der Waals surface area (Å²) in [7, 11) is 1.74. The van der Waals surface area contributed by atoms with Crippen molar-refractivity contribution in [3.8, 4) is 6.07 Å². The number of aromatic amines is 1. The molecule has 0 aliphatic heterocycles. The molecule has 26 heavy (non-hydrogen) atoms. The molecule has 1 unspecified atom stereocenters. The zero-order valence-corrected chi connectivity index (χ0v) is 14.9. The first-order chi connectivity index (χ1) is 12.4. The minimum Gasteiger partial charge on any atom is -0.343 e. The fourth-order valence-electron chi connectivity index (χ4n) is 2.93. The summed E-state index contributed by atoms with van der Waals surface area (Å²) in [6, 6.07) is 13.5. The minimum atomic E-state index is -0.706. The van der Waals surface area contributed by atoms with Crippen molar-refractivity contribution in [1.29, 1.82) is 5.26 Å². The molecule has 130 valence electrons. The molecule has 0 aliphatic rings. The van der Waals surface area contributed by atoms with Crippen molar-refractivity contribution < 1.29 is 4.79 Å². The Kier molecular flexibility index (Phi) is 4.74. The SMILES string of the molecule is Cc1cc(C(C#N)c2ccc(=O)[nH]n2)n(C)c1C(=O)c1ccc(Cl)cc1. The lowest BCUT2D eigenvalue weighted by atomic mass is 10.0. The van der Waals surface area contributed by atoms with Crippen LogP contribution < -0.4 is 5.56 Å². The topological polar surface area (TPSA) is 91.5 Å². The van der Waals surface area contributed by atoms with Crippen LogP contribution in [0.1, 0.15) is 38.9 Å². The first-order valence-corrected chi connectivity index (χ1v) is 8.22. The normalized spacial score (nSPS) is 11.8. The maximum Gasteiger partial charge on any atom is 0.264 e. The van der Waals surface area contributed by atoms with E-state index in [2.05, 4.69) is 16.3 Å². The lowest BCUT2D eigenvalue weighted by Gasteiger charge is -2.12. The molecule has 1 atom stereocenters. The highest BCUT2D eigenvalue weighted by Crippen LogP contribution is 2.27. The molecule has 0 fully saturated rings. The highest BCUT2D eigenvalue weighted by atomic mass is 35.5. The summed E-state index contributed by atoms with van der Waals surface area (Å²) in [4.78, 5) is 24.1. The van der Waals surface area contributed by atoms with E-state index in [1.54, 1.807) is 41.9 Å². The van der Waals surface area contributed by atoms with Gasteiger partial charge in [0.25, 0.3) is 5.56 Å². The number of H-pyrrole nitrogens is 1. The van der Waals surface area contributed by atoms with Crippen molar-refractivity contribution in [1.82, 2.24) is 14.8 Å². The average Bonchev–Trinajstić information content (AvgIpc) is 2.92. The molecule has 0 bridgehead atoms. The summed E-state index contributed by atoms with van der Waals surface area (Å²) in [5.41, 5.74) is 2.47. The van der Waals surface area contributed by atoms with Crippen molar-refractivity contribution in [2.24, 2.45) is 7.05 Å². The van der Waals surface area contributed by atoms with Crippen LogP contribution in [0.3, 0.4) is 0 Å². The van der Waals surface area contributed by atoms with E-state index >= 15 is 0 Å². The third-order valence-electron chi connectivity index (χ3n) is 4.20. The summed E-state index contributed by atoms with van der Waals surface area (Å²) < 4.78 is 1.70. The number of aromatic nitrogens is 3. The smallest absolute Gasteiger partial charge is 0.264 e. The van der Waals surface area contributed by atoms with Gasteiger partial charge in [0.1, 0.15) is 5.92 Å². The standard InChI is InChI=1S/C19H15ClN4O2/c1-11-9-16(14(10-21)15-7-8-17(25)23-22-15)24(2)18(11)19(26)12-3-5-13(20)6-4-12/h3-9,14H,1-2H3,(H,23,25). The first kappa shape index (κ1) is 17.6. The average molecular weight is 367 g/mol. The summed E-state index contributed by atoms with van der Waals surface area (Å²) >= 11 is 5.88. The van der Waals surface area contributed by atoms with E-state index < -0.39 is 5.92 Å². The number of nitriles is 1. The van der Waals surface area contributed by atoms with Crippen molar-refractivity contribution in [2.75, 3.05) is 0 Å². The van der Waals surface area contributed by atoms with Crippen LogP contribution in [-0.2, 0) is 7.05 Å². The van der Waals surface area contributed by atoms with E-state index in [0.29, 0.717) is 27.7 Å². The number of benzene rings is 1. The molecule has 0 saturated heterocycles. The predicted molar refractivity (Wildman–Crippen MR) is 97.3 cm³/mol. The minimum absolute atomic E-state index is 0.154. The van der Waals surface area contributed by atoms with Gasteiger partial charge in [-0.2, -0.15) is 10.4 Å². The van der Waals surface area contributed by atoms with Crippen molar-refractivity contribution in [2.45, 2.75) is 12.8 Å². The third kappa shape index (κ3) is 3.17. The lowest BCUT2D eigenvalue weighted by Crippen LogP contribution is -2.15. The Labute approximate surface area is 154 Å². The maximum atomic E-state index is 12.9. The van der Waals surface area contributed by atoms with Gasteiger partial charge in [0, 0.05) is 29.4 Å². The highest BCUT2D eigenvalue weighted by Gasteiger charge is 2.24. The number of carbonyl (C=O) groups is 1. The molecule has 2 aromatic heterocycles. The number of aryl methyl sites for hydroxylation is 1. The van der Waals surface area contributed by atoms with Gasteiger partial charge in [0.05, 0.1) is 17.5 Å². The van der Waals surface area contributed by atoms with Crippen LogP contribution in [0, 0.1) is 18.3 Å². The summed E-state index contributed by atoms with van der Waals surface area (Å²) in [5.74, 6) is -0.860. The Balaban J connectivity index is 2.06. The number of ketones is 1. The second-order valence-corrected chi connectivity index (χ2v) is 6.34. The second-order valence-electron chi connectivity index (χ2n) is 5.90. The number of nitrogens with one attached hydrogen (secondary N) is 1. The van der Waals surface area contributed by atoms with Crippen LogP contribution in [0.25, 0.3) is 0 Å². The fourth-order valence-corrected chi connectivity index (χ4v) is 3.05. The van der Waals surface area contributed by atoms with Crippen LogP contribution in [0.2, 0.25) is 5.02 Å². The van der Waals surface area contributed by atoms with Gasteiger partial charge in [-0.05, 0) is 48.9 Å². The lowest BCUT2D eigenvalue weighted by molar-refractivity contribution is 0.103. The van der Waals surface area contributed by atoms with E-state index in [0.717, 1.165) is 5.56 Å². The van der Waals surface area contributed by atoms with Gasteiger partial charge in [-0.15, -0.1) is 0 Å². The van der Waals surface area contributed by atoms with Gasteiger partial charge in [0.15, 0.2) is 0 Å². The Morgan fingerprint density at radius 3 is 2.54 bits per heavy atom. The number of halogens is 1. The molecule has 6 nitrogen and oxygen atoms in total. The molecule has 3 aromatic rings. The molecule has 0 aliphatic carbocycles. The van der Waals surface area contributed by atoms with E-state index in [9.17, 15) is 14.9 Å². The summed E-state index contributed by atoms with van der Waals surface area (Å²) in [5, 5.41) is 16.5. The molecular formula is C19H15ClN4O2. The van der Waals surface area contributed by atoms with Gasteiger partial charge in [-0.3, -0.25) is 9.59 Å². The largest absolute Gasteiger partial charge is 0.343 e. The van der Waals surface area contributed by atoms with Gasteiger partial charge in [0.2, 0.25) is 5.78 Å². The maximum absolute atomic E-state index is 12.9. The number of carbonyl (C=O) groups excluding carboxylic acids is 1. The monoisotopic (exact) mass is 366 g/mol. The predicted octanol–water partition coefficient (Wildman–Crippen LogP) is 2.96. The van der Waals surface area contributed by atoms with E-state index in [1.807, 2.05) is 6.92 Å². The van der Waals surface area contributed by atoms with Gasteiger partial charge >= 0.3 is 0 Å². The molecule has 7 heteroatoms. The molecule has 0 saturated carbocycles. The van der Waals surface area contributed by atoms with Crippen LogP contribution in [0.5, 0.6) is 0 Å². The summed E-state index contributed by atoms with van der Waals surface area (Å²) in [6.45, 7) is 1.82. The van der Waals surface area contributed by atoms with Crippen molar-refractivity contribution in [3.63, 3.8) is 0 Å². The zero-order valence-electron chi connectivity index (χ0n) is 14.2. The van der Waals surface area contributed by atoms with E-state index in [1.165, 1.54) is 12.1 Å². The summed E-state index contributed by atoms with van der Waals surface area (Å²) in [6.07, 6.45) is 0. The van der Waals surface area contributed by atoms with Gasteiger partial charge < -0.3 is 4.57 Å². The van der Waals surface area contributed by atoms with E-state index in [-0.39, 0.29) is 11.3 Å². The Morgan fingerprint density at radius 2 is 1.96 bits per heavy atom. The molecule has 2 heterocycles. The number of rotatable bonds is 4. The van der Waals surface area contributed by atoms with Crippen molar-refractivity contribution in [3.05, 3.63) is 86.0 Å². The van der Waals surface area contributed by atoms with Crippen LogP contribution in [0.15, 0.2) is 47.3 Å². The quantitative estimate of drug-likeness (QED) is 0.718. The first-order valence-electron chi connectivity index (χ1n) is 7.84. The molecule has 1 aromatic carbocycles. The van der Waals surface area contributed by atoms with Crippen LogP contribution in [-0.4, -0.2) is 20.5 Å². The molecule has 1 N–H and O–H groups in total. The molecular weight excluding hydrogens is 352 g/mol. The third-order valence-corrected chi connectivity index (χ3v) is 4.46. The molecule has 0 spiro atoms. The Bertz CT molecular complexity index is 1050. The van der Waals surface area contributed by atoms with Crippen molar-refractivity contribution >= 4 is 17.4 Å². The van der Waals surface area contributed by atoms with Crippen LogP contribution >= 0.6 is 11.6 Å². The zero-order chi connectivity index (χ0) is 18.8. The number of nitrogens with zero attached hydrogens (tertiary/aromatic N) is 3. The Morgan fingerprint density at radius 1 is 1.27 bits per heavy atom. The Hall–Kier alpha value is -3.17. The number of hydrogen-bond donors (Lipinski definition) is 1. The van der Waals surface area contributed by atoms with E-state index in [4.69, 9.17) is 11.6 Å². The highest BCUT2D eigenvalue weighted by molar-refractivity contribution is 6.30.